The molecule has 0 saturated heterocycles. The summed E-state index contributed by atoms with van der Waals surface area (Å²) in [5, 5.41) is 3.96. The minimum absolute atomic E-state index is 0.328. The normalized spacial score (nSPS) is 19.8. The molecule has 2 heteroatoms. The summed E-state index contributed by atoms with van der Waals surface area (Å²) in [6.45, 7) is 2.02. The smallest absolute Gasteiger partial charge is 0.132 e. The molecule has 0 saturated carbocycles. The number of oxime groups is 1. The maximum atomic E-state index is 5.29. The van der Waals surface area contributed by atoms with Gasteiger partial charge in [0.05, 0.1) is 5.71 Å². The molecular formula is C13H17NO. The molecule has 15 heavy (non-hydrogen) atoms. The molecule has 0 aliphatic carbocycles. The van der Waals surface area contributed by atoms with Crippen molar-refractivity contribution in [1.82, 2.24) is 0 Å². The molecule has 0 amide bonds. The molecule has 0 fully saturated rings. The van der Waals surface area contributed by atoms with E-state index in [2.05, 4.69) is 35.5 Å². The van der Waals surface area contributed by atoms with E-state index in [1.54, 1.807) is 0 Å². The molecule has 0 unspecified atom stereocenters. The average molecular weight is 203 g/mol. The van der Waals surface area contributed by atoms with Crippen LogP contribution in [0.5, 0.6) is 0 Å². The van der Waals surface area contributed by atoms with Crippen LogP contribution in [-0.4, -0.2) is 11.8 Å². The van der Waals surface area contributed by atoms with Crippen molar-refractivity contribution in [3.63, 3.8) is 0 Å². The van der Waals surface area contributed by atoms with Crippen LogP contribution in [0.3, 0.4) is 0 Å². The first-order chi connectivity index (χ1) is 7.34. The molecule has 80 valence electrons. The molecule has 1 aromatic rings. The highest BCUT2D eigenvalue weighted by Crippen LogP contribution is 2.16. The molecule has 0 bridgehead atoms. The Labute approximate surface area is 90.9 Å². The van der Waals surface area contributed by atoms with Gasteiger partial charge in [-0.25, -0.2) is 0 Å². The first-order valence-corrected chi connectivity index (χ1v) is 5.58. The largest absolute Gasteiger partial charge is 0.392 e. The van der Waals surface area contributed by atoms with E-state index in [9.17, 15) is 0 Å². The first-order valence-electron chi connectivity index (χ1n) is 5.58. The Morgan fingerprint density at radius 1 is 1.33 bits per heavy atom. The summed E-state index contributed by atoms with van der Waals surface area (Å²) in [6.07, 6.45) is 4.76. The standard InChI is InChI=1S/C13H17NO/c1-11-10-13(15-14-11)9-5-8-12-6-3-2-4-7-12/h2-4,6-7,13H,5,8-10H2,1H3/t13-/m1/s1. The van der Waals surface area contributed by atoms with Crippen molar-refractivity contribution in [3.05, 3.63) is 35.9 Å². The van der Waals surface area contributed by atoms with Crippen LogP contribution in [0.1, 0.15) is 31.7 Å². The summed E-state index contributed by atoms with van der Waals surface area (Å²) < 4.78 is 0. The molecule has 1 heterocycles. The minimum atomic E-state index is 0.328. The van der Waals surface area contributed by atoms with Crippen LogP contribution < -0.4 is 0 Å². The number of hydrogen-bond donors (Lipinski definition) is 0. The van der Waals surface area contributed by atoms with E-state index in [0.717, 1.165) is 25.0 Å². The number of aryl methyl sites for hydroxylation is 1. The third-order valence-corrected chi connectivity index (χ3v) is 2.72. The van der Waals surface area contributed by atoms with E-state index in [0.29, 0.717) is 6.10 Å². The average Bonchev–Trinajstić information content (AvgIpc) is 2.66. The third kappa shape index (κ3) is 3.08. The maximum absolute atomic E-state index is 5.29. The molecule has 2 rings (SSSR count). The molecule has 1 aliphatic rings. The fourth-order valence-corrected chi connectivity index (χ4v) is 1.90. The fourth-order valence-electron chi connectivity index (χ4n) is 1.90. The lowest BCUT2D eigenvalue weighted by Crippen LogP contribution is -2.06. The molecule has 0 N–H and O–H groups in total. The summed E-state index contributed by atoms with van der Waals surface area (Å²) in [7, 11) is 0. The monoisotopic (exact) mass is 203 g/mol. The van der Waals surface area contributed by atoms with E-state index >= 15 is 0 Å². The first kappa shape index (κ1) is 10.2. The molecule has 2 nitrogen and oxygen atoms in total. The van der Waals surface area contributed by atoms with Crippen LogP contribution in [0.25, 0.3) is 0 Å². The van der Waals surface area contributed by atoms with Crippen molar-refractivity contribution in [1.29, 1.82) is 0 Å². The zero-order valence-electron chi connectivity index (χ0n) is 9.15. The lowest BCUT2D eigenvalue weighted by molar-refractivity contribution is 0.0776. The van der Waals surface area contributed by atoms with E-state index in [-0.39, 0.29) is 0 Å². The highest BCUT2D eigenvalue weighted by Gasteiger charge is 2.16. The van der Waals surface area contributed by atoms with Crippen molar-refractivity contribution in [2.45, 2.75) is 38.7 Å². The van der Waals surface area contributed by atoms with Gasteiger partial charge >= 0.3 is 0 Å². The van der Waals surface area contributed by atoms with Gasteiger partial charge in [-0.15, -0.1) is 0 Å². The predicted molar refractivity (Wildman–Crippen MR) is 62.0 cm³/mol. The van der Waals surface area contributed by atoms with Crippen molar-refractivity contribution in [3.8, 4) is 0 Å². The van der Waals surface area contributed by atoms with Gasteiger partial charge in [0.15, 0.2) is 0 Å². The maximum Gasteiger partial charge on any atom is 0.132 e. The Hall–Kier alpha value is -1.31. The summed E-state index contributed by atoms with van der Waals surface area (Å²) in [5.41, 5.74) is 2.54. The van der Waals surface area contributed by atoms with Crippen LogP contribution >= 0.6 is 0 Å². The second kappa shape index (κ2) is 4.96. The van der Waals surface area contributed by atoms with Crippen LogP contribution in [0, 0.1) is 0 Å². The summed E-state index contributed by atoms with van der Waals surface area (Å²) >= 11 is 0. The van der Waals surface area contributed by atoms with Gasteiger partial charge in [0.25, 0.3) is 0 Å². The summed E-state index contributed by atoms with van der Waals surface area (Å²) in [6, 6.07) is 10.6. The van der Waals surface area contributed by atoms with Gasteiger partial charge < -0.3 is 4.84 Å². The van der Waals surface area contributed by atoms with E-state index in [4.69, 9.17) is 4.84 Å². The number of benzene rings is 1. The highest BCUT2D eigenvalue weighted by molar-refractivity contribution is 5.82. The van der Waals surface area contributed by atoms with E-state index < -0.39 is 0 Å². The second-order valence-corrected chi connectivity index (χ2v) is 4.14. The van der Waals surface area contributed by atoms with Crippen molar-refractivity contribution >= 4 is 5.71 Å². The van der Waals surface area contributed by atoms with Gasteiger partial charge in [-0.2, -0.15) is 0 Å². The molecule has 0 spiro atoms. The van der Waals surface area contributed by atoms with Gasteiger partial charge in [0.2, 0.25) is 0 Å². The van der Waals surface area contributed by atoms with Gasteiger partial charge in [-0.1, -0.05) is 35.5 Å². The third-order valence-electron chi connectivity index (χ3n) is 2.72. The van der Waals surface area contributed by atoms with Crippen molar-refractivity contribution in [2.75, 3.05) is 0 Å². The minimum Gasteiger partial charge on any atom is -0.392 e. The Kier molecular flexibility index (Phi) is 3.38. The second-order valence-electron chi connectivity index (χ2n) is 4.14. The van der Waals surface area contributed by atoms with Crippen LogP contribution in [0.2, 0.25) is 0 Å². The lowest BCUT2D eigenvalue weighted by Gasteiger charge is -2.07. The van der Waals surface area contributed by atoms with Crippen LogP contribution in [0.4, 0.5) is 0 Å². The Bertz CT molecular complexity index is 332. The highest BCUT2D eigenvalue weighted by atomic mass is 16.6. The molecule has 0 radical (unpaired) electrons. The SMILES string of the molecule is CC1=NO[C@H](CCCc2ccccc2)C1. The molecular weight excluding hydrogens is 186 g/mol. The summed E-state index contributed by atoms with van der Waals surface area (Å²) in [4.78, 5) is 5.29. The molecule has 0 aromatic heterocycles. The Morgan fingerprint density at radius 3 is 2.80 bits per heavy atom. The lowest BCUT2D eigenvalue weighted by atomic mass is 10.0. The zero-order valence-corrected chi connectivity index (χ0v) is 9.15. The Morgan fingerprint density at radius 2 is 2.13 bits per heavy atom. The van der Waals surface area contributed by atoms with Crippen LogP contribution in [-0.2, 0) is 11.3 Å². The van der Waals surface area contributed by atoms with Crippen molar-refractivity contribution < 1.29 is 4.84 Å². The van der Waals surface area contributed by atoms with Crippen LogP contribution in [0.15, 0.2) is 35.5 Å². The van der Waals surface area contributed by atoms with Gasteiger partial charge in [0, 0.05) is 6.42 Å². The predicted octanol–water partition coefficient (Wildman–Crippen LogP) is 3.17. The number of hydrogen-bond acceptors (Lipinski definition) is 2. The quantitative estimate of drug-likeness (QED) is 0.736. The van der Waals surface area contributed by atoms with Gasteiger partial charge in [-0.3, -0.25) is 0 Å². The number of nitrogens with zero attached hydrogens (tertiary/aromatic N) is 1. The van der Waals surface area contributed by atoms with Gasteiger partial charge in [0.1, 0.15) is 6.10 Å². The number of rotatable bonds is 4. The van der Waals surface area contributed by atoms with Gasteiger partial charge in [-0.05, 0) is 31.7 Å². The zero-order chi connectivity index (χ0) is 10.5. The Balaban J connectivity index is 1.68. The van der Waals surface area contributed by atoms with E-state index in [1.807, 2.05) is 6.92 Å². The van der Waals surface area contributed by atoms with E-state index in [1.165, 1.54) is 12.0 Å². The molecule has 1 aliphatic heterocycles. The summed E-state index contributed by atoms with van der Waals surface area (Å²) in [5.74, 6) is 0. The topological polar surface area (TPSA) is 21.6 Å². The van der Waals surface area contributed by atoms with Crippen molar-refractivity contribution in [2.24, 2.45) is 5.16 Å². The fraction of sp³-hybridized carbons (Fsp3) is 0.462. The molecule has 1 atom stereocenters. The molecule has 1 aromatic carbocycles.